The highest BCUT2D eigenvalue weighted by molar-refractivity contribution is 7.49. The van der Waals surface area contributed by atoms with E-state index in [9.17, 15) is 24.4 Å². The van der Waals surface area contributed by atoms with Gasteiger partial charge in [0, 0.05) is 12.1 Å². The second-order valence-corrected chi connectivity index (χ2v) is 8.40. The van der Waals surface area contributed by atoms with Gasteiger partial charge in [-0.05, 0) is 41.6 Å². The van der Waals surface area contributed by atoms with E-state index in [1.54, 1.807) is 42.5 Å². The maximum Gasteiger partial charge on any atom is 0.474 e. The summed E-state index contributed by atoms with van der Waals surface area (Å²) in [7, 11) is -4.92. The van der Waals surface area contributed by atoms with E-state index in [2.05, 4.69) is 0 Å². The van der Waals surface area contributed by atoms with Gasteiger partial charge in [-0.15, -0.1) is 0 Å². The molecule has 0 spiro atoms. The van der Waals surface area contributed by atoms with Gasteiger partial charge in [0.15, 0.2) is 11.8 Å². The maximum atomic E-state index is 13.0. The Morgan fingerprint density at radius 3 is 2.18 bits per heavy atom. The van der Waals surface area contributed by atoms with Crippen LogP contribution in [0.5, 0.6) is 11.5 Å². The zero-order valence-electron chi connectivity index (χ0n) is 17.9. The first-order valence-electron chi connectivity index (χ1n) is 9.93. The number of ether oxygens (including phenoxy) is 1. The van der Waals surface area contributed by atoms with Crippen molar-refractivity contribution in [3.8, 4) is 11.5 Å². The minimum atomic E-state index is -4.92. The topological polar surface area (TPSA) is 138 Å². The maximum absolute atomic E-state index is 13.0. The molecule has 0 radical (unpaired) electrons. The molecule has 2 atom stereocenters. The number of non-ortho nitro benzene ring substituents is 1. The second-order valence-electron chi connectivity index (χ2n) is 6.88. The molecule has 0 aliphatic carbocycles. The summed E-state index contributed by atoms with van der Waals surface area (Å²) in [6.07, 6.45) is 0. The minimum absolute atomic E-state index is 0.0565. The molecule has 0 bridgehead atoms. The lowest BCUT2D eigenvalue weighted by atomic mass is 10.2. The highest BCUT2D eigenvalue weighted by atomic mass is 31.2. The highest BCUT2D eigenvalue weighted by Gasteiger charge is 2.42. The average molecular weight is 488 g/mol. The number of nitrogens with zero attached hydrogens (tertiary/aromatic N) is 2. The molecule has 0 fully saturated rings. The summed E-state index contributed by atoms with van der Waals surface area (Å²) in [5.74, 6) is -0.787. The third-order valence-electron chi connectivity index (χ3n) is 4.37. The number of benzene rings is 3. The number of hydrogen-bond acceptors (Lipinski definition) is 8. The molecule has 0 amide bonds. The van der Waals surface area contributed by atoms with Crippen molar-refractivity contribution in [2.24, 2.45) is 0 Å². The zero-order chi connectivity index (χ0) is 24.6. The Bertz CT molecular complexity index is 1140. The van der Waals surface area contributed by atoms with Gasteiger partial charge in [0.1, 0.15) is 12.4 Å². The fourth-order valence-corrected chi connectivity index (χ4v) is 3.60. The van der Waals surface area contributed by atoms with Crippen LogP contribution in [0.1, 0.15) is 12.5 Å². The molecule has 11 nitrogen and oxygen atoms in total. The molecular formula is C22H21N2O9P. The predicted octanol–water partition coefficient (Wildman–Crippen LogP) is 4.43. The SMILES string of the molecule is CC(C(=O)OCc1ccccc1)N(Oc1ccccc1)P(=O)(O)OOc1ccc([N+](=O)[O-])cc1. The van der Waals surface area contributed by atoms with E-state index in [1.807, 2.05) is 6.07 Å². The monoisotopic (exact) mass is 488 g/mol. The first kappa shape index (κ1) is 24.9. The quantitative estimate of drug-likeness (QED) is 0.136. The van der Waals surface area contributed by atoms with Gasteiger partial charge < -0.3 is 19.4 Å². The van der Waals surface area contributed by atoms with E-state index in [4.69, 9.17) is 19.1 Å². The summed E-state index contributed by atoms with van der Waals surface area (Å²) in [5, 5.41) is 10.8. The first-order valence-corrected chi connectivity index (χ1v) is 11.5. The molecule has 12 heteroatoms. The molecule has 0 aromatic heterocycles. The molecule has 3 aromatic rings. The van der Waals surface area contributed by atoms with E-state index in [0.29, 0.717) is 4.83 Å². The van der Waals surface area contributed by atoms with Crippen molar-refractivity contribution < 1.29 is 38.3 Å². The van der Waals surface area contributed by atoms with Crippen LogP contribution in [0.4, 0.5) is 5.69 Å². The largest absolute Gasteiger partial charge is 0.474 e. The van der Waals surface area contributed by atoms with Gasteiger partial charge in [0.05, 0.1) is 4.92 Å². The number of hydrogen-bond donors (Lipinski definition) is 1. The van der Waals surface area contributed by atoms with Crippen LogP contribution in [-0.4, -0.2) is 26.7 Å². The second kappa shape index (κ2) is 11.4. The fraction of sp³-hybridized carbons (Fsp3) is 0.136. The number of carbonyl (C=O) groups excluding carboxylic acids is 1. The molecule has 0 aliphatic heterocycles. The van der Waals surface area contributed by atoms with Crippen molar-refractivity contribution in [1.82, 2.24) is 4.83 Å². The van der Waals surface area contributed by atoms with Crippen molar-refractivity contribution in [2.45, 2.75) is 19.6 Å². The Kier molecular flexibility index (Phi) is 8.34. The van der Waals surface area contributed by atoms with Gasteiger partial charge in [0.25, 0.3) is 5.69 Å². The fourth-order valence-electron chi connectivity index (χ4n) is 2.63. The summed E-state index contributed by atoms with van der Waals surface area (Å²) < 4.78 is 22.9. The standard InChI is InChI=1S/C22H21N2O9P/c1-17(22(25)30-16-18-8-4-2-5-9-18)24(31-20-10-6-3-7-11-20)34(28,29)33-32-21-14-12-19(13-15-21)23(26)27/h2-15,17H,16H2,1H3,(H,28,29). The number of esters is 1. The van der Waals surface area contributed by atoms with Gasteiger partial charge in [-0.2, -0.15) is 0 Å². The number of para-hydroxylation sites is 1. The van der Waals surface area contributed by atoms with Crippen LogP contribution >= 0.6 is 7.75 Å². The van der Waals surface area contributed by atoms with Crippen molar-refractivity contribution in [3.63, 3.8) is 0 Å². The molecule has 1 N–H and O–H groups in total. The molecule has 3 aromatic carbocycles. The van der Waals surface area contributed by atoms with Gasteiger partial charge in [0.2, 0.25) is 0 Å². The Morgan fingerprint density at radius 2 is 1.59 bits per heavy atom. The zero-order valence-corrected chi connectivity index (χ0v) is 18.8. The smallest absolute Gasteiger partial charge is 0.460 e. The first-order chi connectivity index (χ1) is 16.3. The van der Waals surface area contributed by atoms with Crippen LogP contribution in [0.15, 0.2) is 84.9 Å². The number of nitro benzene ring substituents is 1. The van der Waals surface area contributed by atoms with E-state index in [-0.39, 0.29) is 23.8 Å². The molecule has 2 unspecified atom stereocenters. The Labute approximate surface area is 194 Å². The molecule has 0 saturated carbocycles. The lowest BCUT2D eigenvalue weighted by molar-refractivity contribution is -0.384. The third-order valence-corrected chi connectivity index (χ3v) is 5.56. The molecule has 0 aliphatic rings. The minimum Gasteiger partial charge on any atom is -0.460 e. The summed E-state index contributed by atoms with van der Waals surface area (Å²) in [6.45, 7) is 1.24. The summed E-state index contributed by atoms with van der Waals surface area (Å²) in [6, 6.07) is 20.1. The third kappa shape index (κ3) is 6.87. The Hall–Kier alpha value is -3.76. The lowest BCUT2D eigenvalue weighted by Crippen LogP contribution is -2.40. The molecular weight excluding hydrogens is 467 g/mol. The van der Waals surface area contributed by atoms with E-state index >= 15 is 0 Å². The molecule has 3 rings (SSSR count). The van der Waals surface area contributed by atoms with Crippen molar-refractivity contribution in [3.05, 3.63) is 101 Å². The number of nitro groups is 1. The Balaban J connectivity index is 1.74. The van der Waals surface area contributed by atoms with Crippen LogP contribution in [-0.2, 0) is 25.4 Å². The van der Waals surface area contributed by atoms with Gasteiger partial charge in [-0.25, -0.2) is 4.57 Å². The van der Waals surface area contributed by atoms with Gasteiger partial charge in [-0.3, -0.25) is 14.9 Å². The highest BCUT2D eigenvalue weighted by Crippen LogP contribution is 2.48. The Morgan fingerprint density at radius 1 is 1.00 bits per heavy atom. The van der Waals surface area contributed by atoms with E-state index in [1.165, 1.54) is 31.2 Å². The van der Waals surface area contributed by atoms with Crippen LogP contribution in [0.2, 0.25) is 0 Å². The molecule has 0 saturated heterocycles. The molecule has 0 heterocycles. The van der Waals surface area contributed by atoms with Crippen LogP contribution in [0.3, 0.4) is 0 Å². The summed E-state index contributed by atoms with van der Waals surface area (Å²) in [4.78, 5) is 44.1. The van der Waals surface area contributed by atoms with Crippen LogP contribution in [0, 0.1) is 10.1 Å². The van der Waals surface area contributed by atoms with E-state index in [0.717, 1.165) is 17.7 Å². The average Bonchev–Trinajstić information content (AvgIpc) is 2.85. The van der Waals surface area contributed by atoms with Crippen molar-refractivity contribution in [1.29, 1.82) is 0 Å². The number of carbonyl (C=O) groups is 1. The molecule has 178 valence electrons. The molecule has 34 heavy (non-hydrogen) atoms. The van der Waals surface area contributed by atoms with Crippen LogP contribution < -0.4 is 9.73 Å². The van der Waals surface area contributed by atoms with Gasteiger partial charge in [-0.1, -0.05) is 53.2 Å². The summed E-state index contributed by atoms with van der Waals surface area (Å²) >= 11 is 0. The summed E-state index contributed by atoms with van der Waals surface area (Å²) in [5.41, 5.74) is 0.520. The number of hydroxylamine groups is 1. The predicted molar refractivity (Wildman–Crippen MR) is 119 cm³/mol. The lowest BCUT2D eigenvalue weighted by Gasteiger charge is -2.28. The van der Waals surface area contributed by atoms with Crippen molar-refractivity contribution >= 4 is 19.4 Å². The van der Waals surface area contributed by atoms with Gasteiger partial charge >= 0.3 is 13.7 Å². The van der Waals surface area contributed by atoms with Crippen molar-refractivity contribution in [2.75, 3.05) is 0 Å². The normalized spacial score (nSPS) is 13.5. The van der Waals surface area contributed by atoms with Crippen LogP contribution in [0.25, 0.3) is 0 Å². The number of rotatable bonds is 11. The van der Waals surface area contributed by atoms with E-state index < -0.39 is 24.7 Å².